The summed E-state index contributed by atoms with van der Waals surface area (Å²) in [5, 5.41) is 10.9. The van der Waals surface area contributed by atoms with E-state index in [9.17, 15) is 8.42 Å². The molecule has 0 radical (unpaired) electrons. The highest BCUT2D eigenvalue weighted by Crippen LogP contribution is 2.29. The number of thioether (sulfide) groups is 1. The van der Waals surface area contributed by atoms with Crippen LogP contribution >= 0.6 is 23.1 Å². The smallest absolute Gasteiger partial charge is 0.244 e. The second kappa shape index (κ2) is 8.50. The van der Waals surface area contributed by atoms with E-state index >= 15 is 0 Å². The van der Waals surface area contributed by atoms with Gasteiger partial charge >= 0.3 is 0 Å². The average Bonchev–Trinajstić information content (AvgIpc) is 3.47. The number of thiophene rings is 1. The Morgan fingerprint density at radius 1 is 1.20 bits per heavy atom. The number of nitrogens with zero attached hydrogens (tertiary/aromatic N) is 5. The number of hydrogen-bond donors (Lipinski definition) is 0. The van der Waals surface area contributed by atoms with Gasteiger partial charge in [-0.15, -0.1) is 21.5 Å². The molecule has 8 nitrogen and oxygen atoms in total. The molecule has 0 spiro atoms. The number of aryl methyl sites for hydroxylation is 1. The first-order valence-electron chi connectivity index (χ1n) is 9.42. The van der Waals surface area contributed by atoms with E-state index < -0.39 is 10.0 Å². The minimum absolute atomic E-state index is 0.220. The quantitative estimate of drug-likeness (QED) is 0.364. The molecule has 4 rings (SSSR count). The van der Waals surface area contributed by atoms with Crippen LogP contribution in [-0.4, -0.2) is 45.4 Å². The van der Waals surface area contributed by atoms with Gasteiger partial charge in [-0.1, -0.05) is 31.7 Å². The maximum Gasteiger partial charge on any atom is 0.244 e. The lowest BCUT2D eigenvalue weighted by atomic mass is 10.4. The number of pyridine rings is 1. The van der Waals surface area contributed by atoms with Gasteiger partial charge in [-0.25, -0.2) is 13.4 Å². The molecule has 4 heterocycles. The van der Waals surface area contributed by atoms with Gasteiger partial charge < -0.3 is 4.42 Å². The van der Waals surface area contributed by atoms with Gasteiger partial charge in [0.1, 0.15) is 5.76 Å². The maximum absolute atomic E-state index is 12.9. The van der Waals surface area contributed by atoms with Crippen molar-refractivity contribution in [2.75, 3.05) is 13.1 Å². The Kier molecular flexibility index (Phi) is 5.96. The van der Waals surface area contributed by atoms with E-state index in [0.29, 0.717) is 35.5 Å². The first-order chi connectivity index (χ1) is 14.4. The molecule has 0 aromatic carbocycles. The number of rotatable bonds is 8. The summed E-state index contributed by atoms with van der Waals surface area (Å²) in [4.78, 5) is 5.80. The van der Waals surface area contributed by atoms with Crippen LogP contribution < -0.4 is 0 Å². The fraction of sp³-hybridized carbons (Fsp3) is 0.316. The molecule has 0 saturated heterocycles. The van der Waals surface area contributed by atoms with E-state index in [2.05, 4.69) is 15.2 Å². The van der Waals surface area contributed by atoms with Crippen molar-refractivity contribution in [1.29, 1.82) is 0 Å². The minimum Gasteiger partial charge on any atom is -0.440 e. The monoisotopic (exact) mass is 463 g/mol. The first kappa shape index (κ1) is 21.0. The molecular formula is C19H21N5O3S3. The Balaban J connectivity index is 1.60. The fourth-order valence-corrected chi connectivity index (χ4v) is 6.04. The molecule has 0 fully saturated rings. The highest BCUT2D eigenvalue weighted by Gasteiger charge is 2.23. The van der Waals surface area contributed by atoms with Gasteiger partial charge in [-0.2, -0.15) is 4.31 Å². The summed E-state index contributed by atoms with van der Waals surface area (Å²) in [5.41, 5.74) is 1.42. The van der Waals surface area contributed by atoms with E-state index in [1.54, 1.807) is 34.1 Å². The Morgan fingerprint density at radius 3 is 2.70 bits per heavy atom. The third-order valence-corrected chi connectivity index (χ3v) is 8.50. The highest BCUT2D eigenvalue weighted by atomic mass is 32.2. The molecule has 0 N–H and O–H groups in total. The second-order valence-electron chi connectivity index (χ2n) is 6.45. The molecule has 11 heteroatoms. The van der Waals surface area contributed by atoms with E-state index in [-0.39, 0.29) is 4.90 Å². The van der Waals surface area contributed by atoms with Gasteiger partial charge in [-0.3, -0.25) is 4.40 Å². The lowest BCUT2D eigenvalue weighted by Crippen LogP contribution is -2.30. The van der Waals surface area contributed by atoms with Crippen LogP contribution in [0, 0.1) is 6.92 Å². The lowest BCUT2D eigenvalue weighted by Gasteiger charge is -2.18. The third kappa shape index (κ3) is 3.89. The zero-order valence-electron chi connectivity index (χ0n) is 16.8. The van der Waals surface area contributed by atoms with Gasteiger partial charge in [-0.05, 0) is 30.5 Å². The second-order valence-corrected chi connectivity index (χ2v) is 10.3. The molecule has 0 atom stereocenters. The van der Waals surface area contributed by atoms with Crippen molar-refractivity contribution >= 4 is 38.8 Å². The Hall–Kier alpha value is -2.21. The zero-order valence-corrected chi connectivity index (χ0v) is 19.2. The van der Waals surface area contributed by atoms with Gasteiger partial charge in [0, 0.05) is 25.0 Å². The molecule has 0 amide bonds. The van der Waals surface area contributed by atoms with Crippen LogP contribution in [0.2, 0.25) is 0 Å². The van der Waals surface area contributed by atoms with Crippen LogP contribution in [0.4, 0.5) is 0 Å². The van der Waals surface area contributed by atoms with Crippen molar-refractivity contribution < 1.29 is 12.8 Å². The van der Waals surface area contributed by atoms with Crippen molar-refractivity contribution in [2.24, 2.45) is 0 Å². The van der Waals surface area contributed by atoms with Crippen molar-refractivity contribution in [3.63, 3.8) is 0 Å². The normalized spacial score (nSPS) is 12.3. The van der Waals surface area contributed by atoms with E-state index in [4.69, 9.17) is 4.42 Å². The summed E-state index contributed by atoms with van der Waals surface area (Å²) >= 11 is 3.01. The number of oxazole rings is 1. The van der Waals surface area contributed by atoms with Gasteiger partial charge in [0.15, 0.2) is 10.8 Å². The Bertz CT molecular complexity index is 1260. The number of sulfonamides is 1. The summed E-state index contributed by atoms with van der Waals surface area (Å²) < 4.78 is 34.6. The van der Waals surface area contributed by atoms with Gasteiger partial charge in [0.05, 0.1) is 15.5 Å². The SMILES string of the molecule is CCN(CC)S(=O)(=O)c1ccc2nnc(SCc3nc(-c4cccs4)oc3C)n2c1. The third-order valence-electron chi connectivity index (χ3n) is 4.65. The van der Waals surface area contributed by atoms with Crippen LogP contribution in [0.1, 0.15) is 25.3 Å². The fourth-order valence-electron chi connectivity index (χ4n) is 3.01. The predicted octanol–water partition coefficient (Wildman–Crippen LogP) is 4.08. The molecule has 4 aromatic rings. The summed E-state index contributed by atoms with van der Waals surface area (Å²) in [5.74, 6) is 1.90. The molecule has 0 aliphatic rings. The molecule has 0 aliphatic carbocycles. The van der Waals surface area contributed by atoms with Gasteiger partial charge in [0.25, 0.3) is 0 Å². The molecule has 0 aliphatic heterocycles. The van der Waals surface area contributed by atoms with Crippen LogP contribution in [0.25, 0.3) is 16.4 Å². The predicted molar refractivity (Wildman–Crippen MR) is 117 cm³/mol. The summed E-state index contributed by atoms with van der Waals surface area (Å²) in [6.07, 6.45) is 1.58. The highest BCUT2D eigenvalue weighted by molar-refractivity contribution is 7.98. The maximum atomic E-state index is 12.9. The lowest BCUT2D eigenvalue weighted by molar-refractivity contribution is 0.445. The van der Waals surface area contributed by atoms with Crippen molar-refractivity contribution in [3.05, 3.63) is 47.3 Å². The van der Waals surface area contributed by atoms with Crippen molar-refractivity contribution in [3.8, 4) is 10.8 Å². The topological polar surface area (TPSA) is 93.6 Å². The summed E-state index contributed by atoms with van der Waals surface area (Å²) in [6.45, 7) is 6.36. The molecule has 158 valence electrons. The molecule has 4 aromatic heterocycles. The first-order valence-corrected chi connectivity index (χ1v) is 12.7. The largest absolute Gasteiger partial charge is 0.440 e. The van der Waals surface area contributed by atoms with E-state index in [0.717, 1.165) is 16.3 Å². The molecule has 0 bridgehead atoms. The number of hydrogen-bond acceptors (Lipinski definition) is 8. The van der Waals surface area contributed by atoms with E-state index in [1.807, 2.05) is 38.3 Å². The number of fused-ring (bicyclic) bond motifs is 1. The zero-order chi connectivity index (χ0) is 21.3. The van der Waals surface area contributed by atoms with Crippen LogP contribution in [0.15, 0.2) is 50.3 Å². The van der Waals surface area contributed by atoms with Crippen LogP contribution in [0.5, 0.6) is 0 Å². The van der Waals surface area contributed by atoms with Crippen LogP contribution in [0.3, 0.4) is 0 Å². The van der Waals surface area contributed by atoms with Crippen LogP contribution in [-0.2, 0) is 15.8 Å². The Morgan fingerprint density at radius 2 is 2.00 bits per heavy atom. The average molecular weight is 464 g/mol. The van der Waals surface area contributed by atoms with Crippen molar-refractivity contribution in [2.45, 2.75) is 36.6 Å². The standard InChI is InChI=1S/C19H21N5O3S3/c1-4-23(5-2)30(25,26)14-8-9-17-21-22-19(24(17)11-14)29-12-15-13(3)27-18(20-15)16-7-6-10-28-16/h6-11H,4-5,12H2,1-3H3. The van der Waals surface area contributed by atoms with Gasteiger partial charge in [0.2, 0.25) is 15.9 Å². The Labute approximate surface area is 183 Å². The van der Waals surface area contributed by atoms with E-state index in [1.165, 1.54) is 16.1 Å². The summed E-state index contributed by atoms with van der Waals surface area (Å²) in [6, 6.07) is 7.17. The molecule has 0 saturated carbocycles. The molecular weight excluding hydrogens is 442 g/mol. The number of aromatic nitrogens is 4. The minimum atomic E-state index is -3.56. The van der Waals surface area contributed by atoms with Crippen molar-refractivity contribution in [1.82, 2.24) is 23.9 Å². The summed E-state index contributed by atoms with van der Waals surface area (Å²) in [7, 11) is -3.56. The molecule has 30 heavy (non-hydrogen) atoms. The molecule has 0 unspecified atom stereocenters.